The first kappa shape index (κ1) is 11.3. The minimum Gasteiger partial charge on any atom is -0.365 e. The van der Waals surface area contributed by atoms with Crippen LogP contribution in [0.2, 0.25) is 5.02 Å². The van der Waals surface area contributed by atoms with Gasteiger partial charge >= 0.3 is 0 Å². The molecule has 84 valence electrons. The first-order chi connectivity index (χ1) is 7.77. The Kier molecular flexibility index (Phi) is 3.33. The molecule has 0 unspecified atom stereocenters. The second-order valence-corrected chi connectivity index (χ2v) is 4.25. The Labute approximate surface area is 101 Å². The van der Waals surface area contributed by atoms with E-state index >= 15 is 0 Å². The molecule has 2 rings (SSSR count). The minimum atomic E-state index is 0.482. The molecule has 0 aliphatic carbocycles. The van der Waals surface area contributed by atoms with Gasteiger partial charge in [0.25, 0.3) is 0 Å². The van der Waals surface area contributed by atoms with Crippen molar-refractivity contribution >= 4 is 17.3 Å². The van der Waals surface area contributed by atoms with E-state index in [0.29, 0.717) is 16.6 Å². The highest BCUT2D eigenvalue weighted by molar-refractivity contribution is 6.32. The Morgan fingerprint density at radius 2 is 2.31 bits per heavy atom. The monoisotopic (exact) mass is 235 g/mol. The minimum absolute atomic E-state index is 0.482. The number of nitrogens with one attached hydrogen (secondary N) is 1. The van der Waals surface area contributed by atoms with E-state index in [4.69, 9.17) is 16.9 Å². The summed E-state index contributed by atoms with van der Waals surface area (Å²) in [4.78, 5) is 2.24. The van der Waals surface area contributed by atoms with Crippen molar-refractivity contribution in [1.29, 1.82) is 5.26 Å². The highest BCUT2D eigenvalue weighted by atomic mass is 35.5. The number of anilines is 1. The summed E-state index contributed by atoms with van der Waals surface area (Å²) in [6, 6.07) is 8.29. The van der Waals surface area contributed by atoms with Crippen LogP contribution < -0.4 is 10.2 Å². The van der Waals surface area contributed by atoms with E-state index in [-0.39, 0.29) is 0 Å². The average Bonchev–Trinajstić information content (AvgIpc) is 2.22. The highest BCUT2D eigenvalue weighted by Gasteiger charge is 2.25. The van der Waals surface area contributed by atoms with Gasteiger partial charge < -0.3 is 10.2 Å². The van der Waals surface area contributed by atoms with Crippen molar-refractivity contribution in [3.05, 3.63) is 28.8 Å². The van der Waals surface area contributed by atoms with Gasteiger partial charge in [-0.1, -0.05) is 17.7 Å². The normalized spacial score (nSPS) is 15.3. The molecule has 1 N–H and O–H groups in total. The predicted molar refractivity (Wildman–Crippen MR) is 65.8 cm³/mol. The van der Waals surface area contributed by atoms with Gasteiger partial charge in [-0.05, 0) is 19.1 Å². The highest BCUT2D eigenvalue weighted by Crippen LogP contribution is 2.28. The van der Waals surface area contributed by atoms with Crippen LogP contribution in [0.1, 0.15) is 12.5 Å². The molecular formula is C12H14ClN3. The molecule has 1 aromatic carbocycles. The molecule has 4 heteroatoms. The second-order valence-electron chi connectivity index (χ2n) is 3.84. The molecule has 3 nitrogen and oxygen atoms in total. The summed E-state index contributed by atoms with van der Waals surface area (Å²) in [5, 5.41) is 12.9. The maximum Gasteiger partial charge on any atom is 0.103 e. The molecule has 0 radical (unpaired) electrons. The van der Waals surface area contributed by atoms with Gasteiger partial charge in [0, 0.05) is 19.6 Å². The zero-order valence-electron chi connectivity index (χ0n) is 9.20. The van der Waals surface area contributed by atoms with E-state index in [2.05, 4.69) is 23.2 Å². The molecule has 16 heavy (non-hydrogen) atoms. The molecule has 1 fully saturated rings. The SMILES string of the molecule is CCN(c1cccc(Cl)c1C#N)C1CNC1. The van der Waals surface area contributed by atoms with Crippen molar-refractivity contribution in [2.75, 3.05) is 24.5 Å². The zero-order valence-corrected chi connectivity index (χ0v) is 9.96. The molecule has 0 spiro atoms. The predicted octanol–water partition coefficient (Wildman–Crippen LogP) is 2.01. The fourth-order valence-electron chi connectivity index (χ4n) is 1.98. The van der Waals surface area contributed by atoms with E-state index in [1.165, 1.54) is 0 Å². The van der Waals surface area contributed by atoms with Crippen LogP contribution in [0.15, 0.2) is 18.2 Å². The third-order valence-electron chi connectivity index (χ3n) is 2.95. The molecule has 1 aliphatic rings. The molecule has 0 saturated carbocycles. The summed E-state index contributed by atoms with van der Waals surface area (Å²) in [7, 11) is 0. The van der Waals surface area contributed by atoms with Crippen molar-refractivity contribution in [3.63, 3.8) is 0 Å². The van der Waals surface area contributed by atoms with Gasteiger partial charge in [-0.25, -0.2) is 0 Å². The van der Waals surface area contributed by atoms with Crippen LogP contribution >= 0.6 is 11.6 Å². The number of halogens is 1. The smallest absolute Gasteiger partial charge is 0.103 e. The Hall–Kier alpha value is -1.24. The van der Waals surface area contributed by atoms with Gasteiger partial charge in [0.15, 0.2) is 0 Å². The molecule has 1 aromatic rings. The fraction of sp³-hybridized carbons (Fsp3) is 0.417. The van der Waals surface area contributed by atoms with Crippen LogP contribution in [0.4, 0.5) is 5.69 Å². The molecule has 1 aliphatic heterocycles. The lowest BCUT2D eigenvalue weighted by Crippen LogP contribution is -2.57. The largest absolute Gasteiger partial charge is 0.365 e. The van der Waals surface area contributed by atoms with Gasteiger partial charge in [-0.3, -0.25) is 0 Å². The fourth-order valence-corrected chi connectivity index (χ4v) is 2.19. The number of hydrogen-bond donors (Lipinski definition) is 1. The van der Waals surface area contributed by atoms with E-state index in [9.17, 15) is 0 Å². The number of likely N-dealkylation sites (N-methyl/N-ethyl adjacent to an activating group) is 1. The molecular weight excluding hydrogens is 222 g/mol. The summed E-state index contributed by atoms with van der Waals surface area (Å²) in [5.74, 6) is 0. The lowest BCUT2D eigenvalue weighted by atomic mass is 10.1. The first-order valence-corrected chi connectivity index (χ1v) is 5.81. The van der Waals surface area contributed by atoms with Gasteiger partial charge in [0.05, 0.1) is 22.3 Å². The number of benzene rings is 1. The van der Waals surface area contributed by atoms with Crippen LogP contribution in [0, 0.1) is 11.3 Å². The molecule has 0 aromatic heterocycles. The number of hydrogen-bond acceptors (Lipinski definition) is 3. The van der Waals surface area contributed by atoms with Crippen molar-refractivity contribution in [1.82, 2.24) is 5.32 Å². The lowest BCUT2D eigenvalue weighted by Gasteiger charge is -2.39. The molecule has 1 heterocycles. The lowest BCUT2D eigenvalue weighted by molar-refractivity contribution is 0.417. The summed E-state index contributed by atoms with van der Waals surface area (Å²) in [6.07, 6.45) is 0. The molecule has 0 amide bonds. The summed E-state index contributed by atoms with van der Waals surface area (Å²) in [5.41, 5.74) is 1.53. The van der Waals surface area contributed by atoms with Crippen molar-refractivity contribution in [3.8, 4) is 6.07 Å². The third-order valence-corrected chi connectivity index (χ3v) is 3.27. The maximum atomic E-state index is 9.14. The topological polar surface area (TPSA) is 39.1 Å². The van der Waals surface area contributed by atoms with E-state index in [1.54, 1.807) is 6.07 Å². The zero-order chi connectivity index (χ0) is 11.5. The van der Waals surface area contributed by atoms with E-state index in [1.807, 2.05) is 12.1 Å². The average molecular weight is 236 g/mol. The molecule has 0 bridgehead atoms. The van der Waals surface area contributed by atoms with E-state index in [0.717, 1.165) is 25.3 Å². The van der Waals surface area contributed by atoms with E-state index < -0.39 is 0 Å². The van der Waals surface area contributed by atoms with Crippen molar-refractivity contribution < 1.29 is 0 Å². The maximum absolute atomic E-state index is 9.14. The van der Waals surface area contributed by atoms with Gasteiger partial charge in [0.1, 0.15) is 6.07 Å². The Morgan fingerprint density at radius 1 is 1.56 bits per heavy atom. The van der Waals surface area contributed by atoms with Gasteiger partial charge in [-0.15, -0.1) is 0 Å². The standard InChI is InChI=1S/C12H14ClN3/c1-2-16(9-7-15-8-9)12-5-3-4-11(13)10(12)6-14/h3-5,9,15H,2,7-8H2,1H3. The van der Waals surface area contributed by atoms with Crippen LogP contribution in [0.3, 0.4) is 0 Å². The van der Waals surface area contributed by atoms with Crippen LogP contribution in [0.25, 0.3) is 0 Å². The van der Waals surface area contributed by atoms with Crippen LogP contribution in [-0.4, -0.2) is 25.7 Å². The Morgan fingerprint density at radius 3 is 2.81 bits per heavy atom. The van der Waals surface area contributed by atoms with Gasteiger partial charge in [0.2, 0.25) is 0 Å². The Balaban J connectivity index is 2.37. The molecule has 1 saturated heterocycles. The summed E-state index contributed by atoms with van der Waals surface area (Å²) in [6.45, 7) is 4.94. The number of rotatable bonds is 3. The van der Waals surface area contributed by atoms with Crippen LogP contribution in [0.5, 0.6) is 0 Å². The van der Waals surface area contributed by atoms with Crippen LogP contribution in [-0.2, 0) is 0 Å². The number of nitrogens with zero attached hydrogens (tertiary/aromatic N) is 2. The van der Waals surface area contributed by atoms with Gasteiger partial charge in [-0.2, -0.15) is 5.26 Å². The summed E-state index contributed by atoms with van der Waals surface area (Å²) >= 11 is 6.03. The van der Waals surface area contributed by atoms with Crippen molar-refractivity contribution in [2.45, 2.75) is 13.0 Å². The van der Waals surface area contributed by atoms with Crippen molar-refractivity contribution in [2.24, 2.45) is 0 Å². The Bertz CT molecular complexity index is 421. The number of nitriles is 1. The summed E-state index contributed by atoms with van der Waals surface area (Å²) < 4.78 is 0. The molecule has 0 atom stereocenters. The quantitative estimate of drug-likeness (QED) is 0.871. The first-order valence-electron chi connectivity index (χ1n) is 5.44. The third kappa shape index (κ3) is 1.87. The second kappa shape index (κ2) is 4.73.